The molecule has 1 aromatic rings. The topological polar surface area (TPSA) is 74.2 Å². The molecule has 0 unspecified atom stereocenters. The number of ether oxygens (including phenoxy) is 3. The molecular weight excluding hydrogens is 448 g/mol. The molecule has 3 atom stereocenters. The first-order valence-electron chi connectivity index (χ1n) is 12.4. The first-order chi connectivity index (χ1) is 15.5. The van der Waals surface area contributed by atoms with Gasteiger partial charge in [0, 0.05) is 11.8 Å². The van der Waals surface area contributed by atoms with E-state index in [9.17, 15) is 9.90 Å². The predicted molar refractivity (Wildman–Crippen MR) is 137 cm³/mol. The summed E-state index contributed by atoms with van der Waals surface area (Å²) >= 11 is 0. The summed E-state index contributed by atoms with van der Waals surface area (Å²) in [6.45, 7) is 20.1. The van der Waals surface area contributed by atoms with Crippen LogP contribution in [0.4, 0.5) is 0 Å². The number of benzene rings is 1. The van der Waals surface area contributed by atoms with E-state index < -0.39 is 26.2 Å². The summed E-state index contributed by atoms with van der Waals surface area (Å²) in [5, 5.41) is 9.54. The van der Waals surface area contributed by atoms with Gasteiger partial charge in [-0.05, 0) is 44.0 Å². The highest BCUT2D eigenvalue weighted by Crippen LogP contribution is 2.41. The van der Waals surface area contributed by atoms with Crippen molar-refractivity contribution in [3.8, 4) is 0 Å². The summed E-state index contributed by atoms with van der Waals surface area (Å²) in [5.41, 5.74) is 0.903. The molecule has 0 aromatic heterocycles. The van der Waals surface area contributed by atoms with E-state index in [1.807, 2.05) is 32.0 Å². The molecule has 1 heterocycles. The minimum absolute atomic E-state index is 0.000174. The van der Waals surface area contributed by atoms with Crippen LogP contribution < -0.4 is 0 Å². The molecule has 2 rings (SSSR count). The maximum absolute atomic E-state index is 11.6. The predicted octanol–water partition coefficient (Wildman–Crippen LogP) is 6.39. The second-order valence-corrected chi connectivity index (χ2v) is 17.0. The third-order valence-electron chi connectivity index (χ3n) is 7.01. The van der Waals surface area contributed by atoms with E-state index in [0.29, 0.717) is 26.1 Å². The molecular formula is C27H46O6Si. The average Bonchev–Trinajstić information content (AvgIpc) is 2.65. The number of hydrogen-bond donors (Lipinski definition) is 1. The Labute approximate surface area is 207 Å². The van der Waals surface area contributed by atoms with E-state index in [1.165, 1.54) is 0 Å². The van der Waals surface area contributed by atoms with Crippen molar-refractivity contribution in [2.45, 2.75) is 117 Å². The largest absolute Gasteiger partial charge is 0.481 e. The lowest BCUT2D eigenvalue weighted by atomic mass is 9.82. The molecule has 1 aliphatic rings. The van der Waals surface area contributed by atoms with Crippen molar-refractivity contribution in [3.63, 3.8) is 0 Å². The molecule has 1 saturated heterocycles. The van der Waals surface area contributed by atoms with Crippen LogP contribution in [-0.2, 0) is 30.0 Å². The van der Waals surface area contributed by atoms with Gasteiger partial charge in [-0.15, -0.1) is 0 Å². The quantitative estimate of drug-likeness (QED) is 0.359. The minimum Gasteiger partial charge on any atom is -0.481 e. The van der Waals surface area contributed by atoms with Gasteiger partial charge in [0.1, 0.15) is 0 Å². The molecule has 34 heavy (non-hydrogen) atoms. The zero-order chi connectivity index (χ0) is 25.8. The van der Waals surface area contributed by atoms with Gasteiger partial charge >= 0.3 is 5.97 Å². The summed E-state index contributed by atoms with van der Waals surface area (Å²) < 4.78 is 25.2. The zero-order valence-electron chi connectivity index (χ0n) is 22.6. The summed E-state index contributed by atoms with van der Waals surface area (Å²) in [6.07, 6.45) is 0.537. The standard InChI is InChI=1S/C27H46O6Si/c1-25(2,3)34(8,9)33-22(17-24(28)29)15-21-16-23(32-27(6,7)31-21)26(4,5)19-30-18-20-13-11-10-12-14-20/h10-14,21-23H,15-19H2,1-9H3,(H,28,29)/t21-,22+,23+/m0/s1. The highest BCUT2D eigenvalue weighted by Gasteiger charge is 2.45. The van der Waals surface area contributed by atoms with E-state index in [4.69, 9.17) is 18.6 Å². The lowest BCUT2D eigenvalue weighted by molar-refractivity contribution is -0.321. The van der Waals surface area contributed by atoms with Gasteiger partial charge in [0.15, 0.2) is 14.1 Å². The average molecular weight is 495 g/mol. The van der Waals surface area contributed by atoms with Crippen LogP contribution in [0.3, 0.4) is 0 Å². The van der Waals surface area contributed by atoms with Gasteiger partial charge in [-0.2, -0.15) is 0 Å². The highest BCUT2D eigenvalue weighted by atomic mass is 28.4. The molecule has 7 heteroatoms. The molecule has 1 aromatic carbocycles. The fourth-order valence-electron chi connectivity index (χ4n) is 4.08. The van der Waals surface area contributed by atoms with Crippen LogP contribution in [-0.4, -0.2) is 50.1 Å². The van der Waals surface area contributed by atoms with E-state index in [0.717, 1.165) is 5.56 Å². The Morgan fingerprint density at radius 3 is 2.32 bits per heavy atom. The first kappa shape index (κ1) is 29.0. The van der Waals surface area contributed by atoms with Crippen LogP contribution in [0.25, 0.3) is 0 Å². The third-order valence-corrected chi connectivity index (χ3v) is 11.5. The first-order valence-corrected chi connectivity index (χ1v) is 15.3. The van der Waals surface area contributed by atoms with Crippen molar-refractivity contribution in [1.82, 2.24) is 0 Å². The van der Waals surface area contributed by atoms with Gasteiger partial charge in [-0.3, -0.25) is 4.79 Å². The van der Waals surface area contributed by atoms with Crippen LogP contribution in [0.15, 0.2) is 30.3 Å². The lowest BCUT2D eigenvalue weighted by Crippen LogP contribution is -2.52. The van der Waals surface area contributed by atoms with Gasteiger partial charge in [0.05, 0.1) is 37.9 Å². The van der Waals surface area contributed by atoms with Crippen molar-refractivity contribution >= 4 is 14.3 Å². The summed E-state index contributed by atoms with van der Waals surface area (Å²) in [6, 6.07) is 10.1. The van der Waals surface area contributed by atoms with Crippen molar-refractivity contribution in [3.05, 3.63) is 35.9 Å². The van der Waals surface area contributed by atoms with Crippen molar-refractivity contribution in [2.24, 2.45) is 5.41 Å². The molecule has 0 spiro atoms. The summed E-state index contributed by atoms with van der Waals surface area (Å²) in [5.74, 6) is -1.61. The van der Waals surface area contributed by atoms with Crippen molar-refractivity contribution in [1.29, 1.82) is 0 Å². The number of aliphatic carboxylic acids is 1. The van der Waals surface area contributed by atoms with Crippen molar-refractivity contribution < 1.29 is 28.5 Å². The Kier molecular flexibility index (Phi) is 9.55. The number of carboxylic acids is 1. The van der Waals surface area contributed by atoms with E-state index >= 15 is 0 Å². The third kappa shape index (κ3) is 8.75. The Morgan fingerprint density at radius 1 is 1.15 bits per heavy atom. The van der Waals surface area contributed by atoms with Crippen LogP contribution in [0.1, 0.15) is 73.3 Å². The lowest BCUT2D eigenvalue weighted by Gasteiger charge is -2.47. The number of rotatable bonds is 11. The van der Waals surface area contributed by atoms with Crippen LogP contribution in [0.2, 0.25) is 18.1 Å². The van der Waals surface area contributed by atoms with Crippen LogP contribution in [0, 0.1) is 5.41 Å². The maximum Gasteiger partial charge on any atom is 0.305 e. The molecule has 0 bridgehead atoms. The minimum atomic E-state index is -2.13. The maximum atomic E-state index is 11.6. The van der Waals surface area contributed by atoms with Crippen LogP contribution in [0.5, 0.6) is 0 Å². The SMILES string of the molecule is CC1(C)O[C@@H](C[C@H](CC(=O)O)O[Si](C)(C)C(C)(C)C)C[C@H](C(C)(C)COCc2ccccc2)O1. The van der Waals surface area contributed by atoms with E-state index in [-0.39, 0.29) is 29.1 Å². The van der Waals surface area contributed by atoms with Gasteiger partial charge in [0.2, 0.25) is 0 Å². The van der Waals surface area contributed by atoms with E-state index in [1.54, 1.807) is 0 Å². The Bertz CT molecular complexity index is 784. The number of hydrogen-bond acceptors (Lipinski definition) is 5. The molecule has 0 amide bonds. The Balaban J connectivity index is 2.08. The number of carboxylic acid groups (broad SMARTS) is 1. The molecule has 0 aliphatic carbocycles. The van der Waals surface area contributed by atoms with Gasteiger partial charge in [-0.1, -0.05) is 65.0 Å². The Hall–Kier alpha value is -1.25. The fraction of sp³-hybridized carbons (Fsp3) is 0.741. The van der Waals surface area contributed by atoms with Crippen LogP contribution >= 0.6 is 0 Å². The fourth-order valence-corrected chi connectivity index (χ4v) is 5.45. The molecule has 1 aliphatic heterocycles. The summed E-state index contributed by atoms with van der Waals surface area (Å²) in [7, 11) is -2.13. The van der Waals surface area contributed by atoms with E-state index in [2.05, 4.69) is 59.8 Å². The molecule has 0 radical (unpaired) electrons. The molecule has 0 saturated carbocycles. The smallest absolute Gasteiger partial charge is 0.305 e. The molecule has 194 valence electrons. The molecule has 1 N–H and O–H groups in total. The molecule has 1 fully saturated rings. The van der Waals surface area contributed by atoms with Gasteiger partial charge in [-0.25, -0.2) is 0 Å². The normalized spacial score (nSPS) is 22.4. The number of carbonyl (C=O) groups is 1. The monoisotopic (exact) mass is 494 g/mol. The van der Waals surface area contributed by atoms with Gasteiger partial charge in [0.25, 0.3) is 0 Å². The highest BCUT2D eigenvalue weighted by molar-refractivity contribution is 6.74. The molecule has 6 nitrogen and oxygen atoms in total. The summed E-state index contributed by atoms with van der Waals surface area (Å²) in [4.78, 5) is 11.6. The van der Waals surface area contributed by atoms with Gasteiger partial charge < -0.3 is 23.7 Å². The second kappa shape index (κ2) is 11.2. The second-order valence-electron chi connectivity index (χ2n) is 12.3. The van der Waals surface area contributed by atoms with Crippen molar-refractivity contribution in [2.75, 3.05) is 6.61 Å². The zero-order valence-corrected chi connectivity index (χ0v) is 23.6. The Morgan fingerprint density at radius 2 is 1.76 bits per heavy atom.